The number of rotatable bonds is 10. The van der Waals surface area contributed by atoms with E-state index >= 15 is 0 Å². The van der Waals surface area contributed by atoms with Crippen molar-refractivity contribution in [2.75, 3.05) is 23.7 Å². The molecule has 198 valence electrons. The molecule has 0 unspecified atom stereocenters. The number of carboxylic acid groups (broad SMARTS) is 1. The predicted molar refractivity (Wildman–Crippen MR) is 139 cm³/mol. The maximum absolute atomic E-state index is 13.0. The number of carbonyl (C=O) groups is 1. The van der Waals surface area contributed by atoms with Crippen molar-refractivity contribution in [2.24, 2.45) is 0 Å². The molecule has 2 aromatic heterocycles. The van der Waals surface area contributed by atoms with Crippen LogP contribution in [0.4, 0.5) is 5.69 Å². The number of aryl methyl sites for hydroxylation is 1. The lowest BCUT2D eigenvalue weighted by molar-refractivity contribution is -0.696. The minimum atomic E-state index is -4.22. The van der Waals surface area contributed by atoms with Gasteiger partial charge in [-0.05, 0) is 48.4 Å². The maximum atomic E-state index is 13.0. The zero-order chi connectivity index (χ0) is 26.8. The summed E-state index contributed by atoms with van der Waals surface area (Å²) in [6, 6.07) is 9.44. The standard InChI is InChI=1S/C27H32N2O7S/c1-27(2)9-13-29(12-6-8-25(30)31)23-17-24-20(16-22(23)27)15-21(26(32)36-24)19-7-5-11-28(18-19)10-3-4-14-37(33,34)35/h5,7,11,15-18H,3-4,6,8-10,12-14H2,1-2H3,(H-,30,31,33,34,35). The number of benzene rings is 1. The molecule has 3 aromatic rings. The van der Waals surface area contributed by atoms with E-state index in [2.05, 4.69) is 24.8 Å². The molecule has 0 radical (unpaired) electrons. The quantitative estimate of drug-likeness (QED) is 0.183. The van der Waals surface area contributed by atoms with Gasteiger partial charge in [-0.25, -0.2) is 17.8 Å². The van der Waals surface area contributed by atoms with Crippen LogP contribution in [-0.2, 0) is 26.9 Å². The summed E-state index contributed by atoms with van der Waals surface area (Å²) in [6.07, 6.45) is 6.01. The highest BCUT2D eigenvalue weighted by molar-refractivity contribution is 7.85. The molecular weight excluding hydrogens is 496 g/mol. The van der Waals surface area contributed by atoms with Gasteiger partial charge in [0.25, 0.3) is 0 Å². The van der Waals surface area contributed by atoms with Crippen LogP contribution in [0, 0.1) is 0 Å². The Bertz CT molecular complexity index is 1480. The van der Waals surface area contributed by atoms with E-state index in [4.69, 9.17) is 9.52 Å². The number of hydrogen-bond acceptors (Lipinski definition) is 7. The van der Waals surface area contributed by atoms with Crippen LogP contribution in [0.2, 0.25) is 0 Å². The number of carboxylic acids is 1. The van der Waals surface area contributed by atoms with E-state index in [0.717, 1.165) is 29.6 Å². The number of fused-ring (bicyclic) bond motifs is 2. The third kappa shape index (κ3) is 6.56. The number of aliphatic carboxylic acids is 1. The predicted octanol–water partition coefficient (Wildman–Crippen LogP) is 3.43. The average molecular weight is 529 g/mol. The second kappa shape index (κ2) is 10.6. The monoisotopic (exact) mass is 528 g/mol. The van der Waals surface area contributed by atoms with Crippen molar-refractivity contribution in [1.82, 2.24) is 0 Å². The fraction of sp³-hybridized carbons (Fsp3) is 0.444. The molecule has 0 atom stereocenters. The van der Waals surface area contributed by atoms with Gasteiger partial charge >= 0.3 is 11.6 Å². The number of nitrogens with zero attached hydrogens (tertiary/aromatic N) is 2. The van der Waals surface area contributed by atoms with E-state index < -0.39 is 21.7 Å². The lowest BCUT2D eigenvalue weighted by Gasteiger charge is -2.40. The second-order valence-electron chi connectivity index (χ2n) is 10.3. The fourth-order valence-electron chi connectivity index (χ4n) is 4.88. The van der Waals surface area contributed by atoms with Crippen LogP contribution in [0.15, 0.2) is 51.9 Å². The molecule has 4 rings (SSSR count). The molecular formula is C27H32N2O7S. The van der Waals surface area contributed by atoms with Crippen molar-refractivity contribution in [3.63, 3.8) is 0 Å². The summed E-state index contributed by atoms with van der Waals surface area (Å²) < 4.78 is 40.1. The molecule has 10 heteroatoms. The van der Waals surface area contributed by atoms with Crippen LogP contribution in [0.3, 0.4) is 0 Å². The molecule has 37 heavy (non-hydrogen) atoms. The van der Waals surface area contributed by atoms with Gasteiger partial charge in [0.1, 0.15) is 12.1 Å². The van der Waals surface area contributed by atoms with Gasteiger partial charge in [-0.1, -0.05) is 13.8 Å². The number of anilines is 1. The van der Waals surface area contributed by atoms with Gasteiger partial charge in [0, 0.05) is 54.9 Å². The molecule has 1 aliphatic heterocycles. The molecule has 0 saturated carbocycles. The average Bonchev–Trinajstić information content (AvgIpc) is 2.81. The van der Waals surface area contributed by atoms with E-state index in [0.29, 0.717) is 42.6 Å². The maximum Gasteiger partial charge on any atom is 0.344 e. The Balaban J connectivity index is 1.64. The molecule has 0 saturated heterocycles. The van der Waals surface area contributed by atoms with Crippen LogP contribution in [-0.4, -0.2) is 42.9 Å². The lowest BCUT2D eigenvalue weighted by atomic mass is 9.77. The molecule has 1 aliphatic rings. The zero-order valence-corrected chi connectivity index (χ0v) is 21.9. The summed E-state index contributed by atoms with van der Waals surface area (Å²) >= 11 is 0. The van der Waals surface area contributed by atoms with Gasteiger partial charge in [-0.3, -0.25) is 4.79 Å². The van der Waals surface area contributed by atoms with Crippen LogP contribution >= 0.6 is 0 Å². The summed E-state index contributed by atoms with van der Waals surface area (Å²) in [7, 11) is -4.22. The first kappa shape index (κ1) is 26.8. The normalized spacial score (nSPS) is 15.1. The van der Waals surface area contributed by atoms with Gasteiger partial charge in [0.15, 0.2) is 12.4 Å². The number of unbranched alkanes of at least 4 members (excludes halogenated alkanes) is 1. The lowest BCUT2D eigenvalue weighted by Crippen LogP contribution is -2.38. The molecule has 1 N–H and O–H groups in total. The molecule has 0 fully saturated rings. The Morgan fingerprint density at radius 2 is 2.00 bits per heavy atom. The van der Waals surface area contributed by atoms with Crippen molar-refractivity contribution in [3.8, 4) is 11.1 Å². The minimum Gasteiger partial charge on any atom is -0.748 e. The summed E-state index contributed by atoms with van der Waals surface area (Å²) in [5.74, 6) is -1.20. The highest BCUT2D eigenvalue weighted by Gasteiger charge is 2.32. The van der Waals surface area contributed by atoms with Crippen molar-refractivity contribution >= 4 is 32.7 Å². The Kier molecular flexibility index (Phi) is 7.70. The summed E-state index contributed by atoms with van der Waals surface area (Å²) in [5.41, 5.74) is 3.15. The minimum absolute atomic E-state index is 0.0868. The summed E-state index contributed by atoms with van der Waals surface area (Å²) in [6.45, 7) is 6.31. The second-order valence-corrected chi connectivity index (χ2v) is 11.8. The Morgan fingerprint density at radius 3 is 2.73 bits per heavy atom. The molecule has 0 amide bonds. The zero-order valence-electron chi connectivity index (χ0n) is 21.1. The molecule has 0 aliphatic carbocycles. The van der Waals surface area contributed by atoms with Gasteiger partial charge in [0.2, 0.25) is 0 Å². The topological polar surface area (TPSA) is 132 Å². The van der Waals surface area contributed by atoms with Crippen LogP contribution < -0.4 is 15.1 Å². The van der Waals surface area contributed by atoms with E-state index in [-0.39, 0.29) is 24.0 Å². The van der Waals surface area contributed by atoms with Gasteiger partial charge in [-0.15, -0.1) is 0 Å². The number of pyridine rings is 1. The third-order valence-corrected chi connectivity index (χ3v) is 7.76. The highest BCUT2D eigenvalue weighted by atomic mass is 32.2. The summed E-state index contributed by atoms with van der Waals surface area (Å²) in [4.78, 5) is 26.1. The Morgan fingerprint density at radius 1 is 1.22 bits per heavy atom. The summed E-state index contributed by atoms with van der Waals surface area (Å²) in [5, 5.41) is 9.82. The van der Waals surface area contributed by atoms with E-state index in [9.17, 15) is 22.6 Å². The Labute approximate surface area is 216 Å². The van der Waals surface area contributed by atoms with Gasteiger partial charge < -0.3 is 19.0 Å². The first-order chi connectivity index (χ1) is 17.4. The van der Waals surface area contributed by atoms with Crippen molar-refractivity contribution in [2.45, 2.75) is 57.9 Å². The van der Waals surface area contributed by atoms with Crippen molar-refractivity contribution < 1.29 is 31.9 Å². The Hall–Kier alpha value is -3.24. The van der Waals surface area contributed by atoms with E-state index in [1.807, 2.05) is 41.2 Å². The van der Waals surface area contributed by atoms with Crippen LogP contribution in [0.25, 0.3) is 22.1 Å². The van der Waals surface area contributed by atoms with E-state index in [1.165, 1.54) is 0 Å². The molecule has 1 aromatic carbocycles. The van der Waals surface area contributed by atoms with Gasteiger partial charge in [0.05, 0.1) is 21.2 Å². The molecule has 0 bridgehead atoms. The number of hydrogen-bond donors (Lipinski definition) is 1. The van der Waals surface area contributed by atoms with Crippen molar-refractivity contribution in [1.29, 1.82) is 0 Å². The van der Waals surface area contributed by atoms with Crippen molar-refractivity contribution in [3.05, 3.63) is 58.7 Å². The largest absolute Gasteiger partial charge is 0.748 e. The van der Waals surface area contributed by atoms with Crippen LogP contribution in [0.5, 0.6) is 0 Å². The first-order valence-electron chi connectivity index (χ1n) is 12.5. The smallest absolute Gasteiger partial charge is 0.344 e. The third-order valence-electron chi connectivity index (χ3n) is 6.98. The molecule has 3 heterocycles. The van der Waals surface area contributed by atoms with Crippen LogP contribution in [0.1, 0.15) is 51.5 Å². The molecule has 9 nitrogen and oxygen atoms in total. The van der Waals surface area contributed by atoms with E-state index in [1.54, 1.807) is 0 Å². The SMILES string of the molecule is CC1(C)CCN(CCCC(=O)O)c2cc3oc(=O)c(-c4ccc[n+](CCCCS(=O)(=O)[O-])c4)cc3cc21. The fourth-order valence-corrected chi connectivity index (χ4v) is 5.44. The first-order valence-corrected chi connectivity index (χ1v) is 14.0. The van der Waals surface area contributed by atoms with Gasteiger partial charge in [-0.2, -0.15) is 0 Å². The molecule has 0 spiro atoms. The number of aromatic nitrogens is 1. The highest BCUT2D eigenvalue weighted by Crippen LogP contribution is 2.42.